The molecule has 31 heavy (non-hydrogen) atoms. The number of rotatable bonds is 8. The zero-order valence-electron chi connectivity index (χ0n) is 17.0. The molecule has 1 saturated carbocycles. The van der Waals surface area contributed by atoms with E-state index in [0.29, 0.717) is 6.54 Å². The van der Waals surface area contributed by atoms with Crippen LogP contribution < -0.4 is 10.0 Å². The fourth-order valence-electron chi connectivity index (χ4n) is 3.63. The maximum absolute atomic E-state index is 12.7. The molecule has 1 saturated heterocycles. The smallest absolute Gasteiger partial charge is 0.253 e. The minimum atomic E-state index is -3.81. The number of halogens is 2. The standard InChI is InChI=1S/C22H25Cl2N3O3S/c23-19-12-20(24)21(31(29,30)26-17-7-8-17)11-18(19)22(28)25-13-15-3-5-16(6-4-15)14-27-9-1-2-10-27/h3-6,11-12,17,26H,1-2,7-10,13-14H2,(H,25,28). The minimum Gasteiger partial charge on any atom is -0.348 e. The Hall–Kier alpha value is -1.64. The Bertz CT molecular complexity index is 1060. The Morgan fingerprint density at radius 1 is 1.00 bits per heavy atom. The van der Waals surface area contributed by atoms with Crippen molar-refractivity contribution in [1.82, 2.24) is 14.9 Å². The van der Waals surface area contributed by atoms with Crippen LogP contribution in [0.15, 0.2) is 41.3 Å². The molecule has 0 spiro atoms. The van der Waals surface area contributed by atoms with Gasteiger partial charge in [-0.1, -0.05) is 47.5 Å². The van der Waals surface area contributed by atoms with Crippen molar-refractivity contribution in [3.05, 3.63) is 63.1 Å². The van der Waals surface area contributed by atoms with E-state index in [1.807, 2.05) is 12.1 Å². The minimum absolute atomic E-state index is 0.0108. The normalized spacial score (nSPS) is 17.1. The molecule has 166 valence electrons. The Balaban J connectivity index is 1.41. The van der Waals surface area contributed by atoms with Gasteiger partial charge in [0, 0.05) is 19.1 Å². The quantitative estimate of drug-likeness (QED) is 0.597. The van der Waals surface area contributed by atoms with E-state index >= 15 is 0 Å². The van der Waals surface area contributed by atoms with Gasteiger partial charge in [-0.2, -0.15) is 0 Å². The van der Waals surface area contributed by atoms with Crippen molar-refractivity contribution in [3.8, 4) is 0 Å². The van der Waals surface area contributed by atoms with Crippen molar-refractivity contribution in [2.24, 2.45) is 0 Å². The van der Waals surface area contributed by atoms with Crippen molar-refractivity contribution in [3.63, 3.8) is 0 Å². The van der Waals surface area contributed by atoms with Crippen molar-refractivity contribution < 1.29 is 13.2 Å². The molecule has 6 nitrogen and oxygen atoms in total. The Kier molecular flexibility index (Phi) is 6.89. The van der Waals surface area contributed by atoms with Gasteiger partial charge in [0.05, 0.1) is 15.6 Å². The number of nitrogens with one attached hydrogen (secondary N) is 2. The van der Waals surface area contributed by atoms with Gasteiger partial charge in [0.15, 0.2) is 0 Å². The van der Waals surface area contributed by atoms with Crippen LogP contribution in [-0.4, -0.2) is 38.4 Å². The highest BCUT2D eigenvalue weighted by Crippen LogP contribution is 2.30. The maximum atomic E-state index is 12.7. The fraction of sp³-hybridized carbons (Fsp3) is 0.409. The maximum Gasteiger partial charge on any atom is 0.253 e. The number of sulfonamides is 1. The average molecular weight is 482 g/mol. The van der Waals surface area contributed by atoms with Crippen LogP contribution in [0.4, 0.5) is 0 Å². The number of carbonyl (C=O) groups is 1. The van der Waals surface area contributed by atoms with E-state index in [4.69, 9.17) is 23.2 Å². The largest absolute Gasteiger partial charge is 0.348 e. The first-order valence-corrected chi connectivity index (χ1v) is 12.7. The van der Waals surface area contributed by atoms with Crippen LogP contribution in [0.1, 0.15) is 47.2 Å². The number of amides is 1. The molecule has 0 bridgehead atoms. The van der Waals surface area contributed by atoms with Crippen molar-refractivity contribution in [2.75, 3.05) is 13.1 Å². The van der Waals surface area contributed by atoms with Gasteiger partial charge in [-0.3, -0.25) is 9.69 Å². The first-order chi connectivity index (χ1) is 14.8. The lowest BCUT2D eigenvalue weighted by Gasteiger charge is -2.15. The van der Waals surface area contributed by atoms with Crippen LogP contribution in [0.3, 0.4) is 0 Å². The van der Waals surface area contributed by atoms with Crippen molar-refractivity contribution >= 4 is 39.1 Å². The van der Waals surface area contributed by atoms with Gasteiger partial charge in [0.2, 0.25) is 10.0 Å². The summed E-state index contributed by atoms with van der Waals surface area (Å²) in [6.45, 7) is 3.55. The number of carbonyl (C=O) groups excluding carboxylic acids is 1. The third kappa shape index (κ3) is 5.79. The molecule has 0 unspecified atom stereocenters. The van der Waals surface area contributed by atoms with E-state index < -0.39 is 15.9 Å². The summed E-state index contributed by atoms with van der Waals surface area (Å²) < 4.78 is 27.7. The second-order valence-electron chi connectivity index (χ2n) is 8.14. The lowest BCUT2D eigenvalue weighted by Crippen LogP contribution is -2.27. The first-order valence-electron chi connectivity index (χ1n) is 10.4. The summed E-state index contributed by atoms with van der Waals surface area (Å²) in [5.41, 5.74) is 2.27. The Morgan fingerprint density at radius 3 is 2.29 bits per heavy atom. The topological polar surface area (TPSA) is 78.5 Å². The highest BCUT2D eigenvalue weighted by atomic mass is 35.5. The molecule has 0 radical (unpaired) electrons. The van der Waals surface area contributed by atoms with Crippen LogP contribution >= 0.6 is 23.2 Å². The summed E-state index contributed by atoms with van der Waals surface area (Å²) in [6.07, 6.45) is 4.12. The van der Waals surface area contributed by atoms with E-state index in [2.05, 4.69) is 27.1 Å². The Morgan fingerprint density at radius 2 is 1.65 bits per heavy atom. The van der Waals surface area contributed by atoms with Crippen LogP contribution in [-0.2, 0) is 23.1 Å². The highest BCUT2D eigenvalue weighted by molar-refractivity contribution is 7.89. The van der Waals surface area contributed by atoms with Gasteiger partial charge in [-0.05, 0) is 62.0 Å². The van der Waals surface area contributed by atoms with Crippen molar-refractivity contribution in [1.29, 1.82) is 0 Å². The van der Waals surface area contributed by atoms with E-state index in [-0.39, 0.29) is 26.5 Å². The molecule has 2 N–H and O–H groups in total. The summed E-state index contributed by atoms with van der Waals surface area (Å²) in [4.78, 5) is 15.0. The molecule has 1 aliphatic carbocycles. The van der Waals surface area contributed by atoms with Gasteiger partial charge >= 0.3 is 0 Å². The molecule has 2 aromatic rings. The molecular weight excluding hydrogens is 457 g/mol. The van der Waals surface area contributed by atoms with Gasteiger partial charge in [0.25, 0.3) is 5.91 Å². The molecule has 2 aliphatic rings. The van der Waals surface area contributed by atoms with Gasteiger partial charge < -0.3 is 5.32 Å². The molecule has 2 fully saturated rings. The lowest BCUT2D eigenvalue weighted by atomic mass is 10.1. The second kappa shape index (κ2) is 9.46. The molecule has 1 aliphatic heterocycles. The monoisotopic (exact) mass is 481 g/mol. The number of hydrogen-bond donors (Lipinski definition) is 2. The summed E-state index contributed by atoms with van der Waals surface area (Å²) >= 11 is 12.3. The molecule has 4 rings (SSSR count). The van der Waals surface area contributed by atoms with Crippen LogP contribution in [0.2, 0.25) is 10.0 Å². The van der Waals surface area contributed by atoms with Crippen LogP contribution in [0.5, 0.6) is 0 Å². The van der Waals surface area contributed by atoms with E-state index in [1.54, 1.807) is 0 Å². The van der Waals surface area contributed by atoms with Gasteiger partial charge in [-0.15, -0.1) is 0 Å². The van der Waals surface area contributed by atoms with Crippen LogP contribution in [0.25, 0.3) is 0 Å². The number of benzene rings is 2. The third-order valence-electron chi connectivity index (χ3n) is 5.54. The molecule has 0 atom stereocenters. The van der Waals surface area contributed by atoms with Gasteiger partial charge in [-0.25, -0.2) is 13.1 Å². The molecular formula is C22H25Cl2N3O3S. The lowest BCUT2D eigenvalue weighted by molar-refractivity contribution is 0.0951. The fourth-order valence-corrected chi connectivity index (χ4v) is 5.80. The number of nitrogens with zero attached hydrogens (tertiary/aromatic N) is 1. The third-order valence-corrected chi connectivity index (χ3v) is 7.83. The number of likely N-dealkylation sites (tertiary alicyclic amines) is 1. The summed E-state index contributed by atoms with van der Waals surface area (Å²) in [6, 6.07) is 10.6. The van der Waals surface area contributed by atoms with Crippen molar-refractivity contribution in [2.45, 2.75) is 49.7 Å². The van der Waals surface area contributed by atoms with E-state index in [9.17, 15) is 13.2 Å². The molecule has 1 amide bonds. The summed E-state index contributed by atoms with van der Waals surface area (Å²) in [5.74, 6) is -0.453. The average Bonchev–Trinajstić information content (AvgIpc) is 3.37. The van der Waals surface area contributed by atoms with Crippen LogP contribution in [0, 0.1) is 0 Å². The number of hydrogen-bond acceptors (Lipinski definition) is 4. The zero-order chi connectivity index (χ0) is 22.0. The summed E-state index contributed by atoms with van der Waals surface area (Å²) in [5, 5.41) is 2.90. The molecule has 1 heterocycles. The summed E-state index contributed by atoms with van der Waals surface area (Å²) in [7, 11) is -3.81. The predicted octanol–water partition coefficient (Wildman–Crippen LogP) is 3.96. The van der Waals surface area contributed by atoms with E-state index in [0.717, 1.165) is 38.0 Å². The predicted molar refractivity (Wildman–Crippen MR) is 122 cm³/mol. The molecule has 0 aromatic heterocycles. The van der Waals surface area contributed by atoms with E-state index in [1.165, 1.54) is 30.5 Å². The SMILES string of the molecule is O=C(NCc1ccc(CN2CCCC2)cc1)c1cc(S(=O)(=O)NC2CC2)c(Cl)cc1Cl. The molecule has 2 aromatic carbocycles. The zero-order valence-corrected chi connectivity index (χ0v) is 19.4. The first kappa shape index (κ1) is 22.6. The van der Waals surface area contributed by atoms with Gasteiger partial charge in [0.1, 0.15) is 4.90 Å². The molecule has 9 heteroatoms. The Labute approximate surface area is 193 Å². The second-order valence-corrected chi connectivity index (χ2v) is 10.6. The highest BCUT2D eigenvalue weighted by Gasteiger charge is 2.30.